The molecule has 21 heavy (non-hydrogen) atoms. The van der Waals surface area contributed by atoms with Crippen LogP contribution in [0.15, 0.2) is 46.9 Å². The molecule has 0 saturated heterocycles. The fourth-order valence-electron chi connectivity index (χ4n) is 1.80. The van der Waals surface area contributed by atoms with Gasteiger partial charge in [-0.25, -0.2) is 4.79 Å². The van der Waals surface area contributed by atoms with Crippen LogP contribution in [0.5, 0.6) is 11.5 Å². The first-order valence-corrected chi connectivity index (χ1v) is 6.98. The fourth-order valence-corrected chi connectivity index (χ4v) is 2.34. The van der Waals surface area contributed by atoms with Gasteiger partial charge in [0.2, 0.25) is 0 Å². The maximum Gasteiger partial charge on any atom is 0.343 e. The summed E-state index contributed by atoms with van der Waals surface area (Å²) in [6.45, 7) is 1.43. The van der Waals surface area contributed by atoms with Crippen molar-refractivity contribution >= 4 is 27.7 Å². The maximum absolute atomic E-state index is 12.1. The van der Waals surface area contributed by atoms with Crippen molar-refractivity contribution in [1.82, 2.24) is 0 Å². The Bertz CT molecular complexity index is 694. The molecule has 0 heterocycles. The summed E-state index contributed by atoms with van der Waals surface area (Å²) in [6.07, 6.45) is 0. The molecule has 0 aliphatic heterocycles. The van der Waals surface area contributed by atoms with Gasteiger partial charge in [-0.2, -0.15) is 0 Å². The Kier molecular flexibility index (Phi) is 4.75. The number of para-hydroxylation sites is 1. The Morgan fingerprint density at radius 3 is 2.38 bits per heavy atom. The molecular weight excluding hydrogens is 336 g/mol. The lowest BCUT2D eigenvalue weighted by Crippen LogP contribution is -2.11. The van der Waals surface area contributed by atoms with Crippen molar-refractivity contribution in [3.8, 4) is 11.5 Å². The van der Waals surface area contributed by atoms with Crippen LogP contribution in [0.4, 0.5) is 0 Å². The van der Waals surface area contributed by atoms with Gasteiger partial charge in [-0.05, 0) is 53.2 Å². The Morgan fingerprint density at radius 2 is 1.76 bits per heavy atom. The molecule has 0 aliphatic rings. The van der Waals surface area contributed by atoms with E-state index in [0.717, 1.165) is 0 Å². The third-order valence-electron chi connectivity index (χ3n) is 2.86. The number of hydrogen-bond donors (Lipinski definition) is 0. The number of ketones is 1. The summed E-state index contributed by atoms with van der Waals surface area (Å²) in [5, 5.41) is 0. The zero-order chi connectivity index (χ0) is 15.4. The van der Waals surface area contributed by atoms with Crippen LogP contribution in [0.25, 0.3) is 0 Å². The van der Waals surface area contributed by atoms with Crippen molar-refractivity contribution in [2.24, 2.45) is 0 Å². The lowest BCUT2D eigenvalue weighted by atomic mass is 10.1. The molecule has 0 aromatic heterocycles. The summed E-state index contributed by atoms with van der Waals surface area (Å²) in [7, 11) is 1.54. The largest absolute Gasteiger partial charge is 0.496 e. The monoisotopic (exact) mass is 348 g/mol. The fraction of sp³-hybridized carbons (Fsp3) is 0.125. The van der Waals surface area contributed by atoms with Crippen LogP contribution < -0.4 is 9.47 Å². The highest BCUT2D eigenvalue weighted by Gasteiger charge is 2.14. The maximum atomic E-state index is 12.1. The highest BCUT2D eigenvalue weighted by Crippen LogP contribution is 2.26. The molecule has 2 aromatic carbocycles. The van der Waals surface area contributed by atoms with E-state index in [1.54, 1.807) is 49.6 Å². The number of halogens is 1. The number of ether oxygens (including phenoxy) is 2. The first-order valence-electron chi connectivity index (χ1n) is 6.18. The summed E-state index contributed by atoms with van der Waals surface area (Å²) in [5.74, 6) is 0.180. The van der Waals surface area contributed by atoms with E-state index in [-0.39, 0.29) is 11.5 Å². The van der Waals surface area contributed by atoms with E-state index in [1.807, 2.05) is 0 Å². The van der Waals surface area contributed by atoms with Crippen molar-refractivity contribution in [1.29, 1.82) is 0 Å². The molecule has 0 atom stereocenters. The number of benzene rings is 2. The van der Waals surface area contributed by atoms with Crippen LogP contribution in [-0.2, 0) is 0 Å². The minimum Gasteiger partial charge on any atom is -0.496 e. The topological polar surface area (TPSA) is 52.6 Å². The van der Waals surface area contributed by atoms with E-state index in [0.29, 0.717) is 21.3 Å². The molecule has 4 nitrogen and oxygen atoms in total. The number of rotatable bonds is 4. The Hall–Kier alpha value is -2.14. The van der Waals surface area contributed by atoms with E-state index in [2.05, 4.69) is 15.9 Å². The van der Waals surface area contributed by atoms with Gasteiger partial charge in [0.1, 0.15) is 11.5 Å². The molecule has 108 valence electrons. The lowest BCUT2D eigenvalue weighted by molar-refractivity contribution is 0.0732. The summed E-state index contributed by atoms with van der Waals surface area (Å²) < 4.78 is 11.1. The molecule has 0 N–H and O–H groups in total. The Balaban J connectivity index is 2.26. The van der Waals surface area contributed by atoms with Gasteiger partial charge in [0.05, 0.1) is 22.7 Å². The van der Waals surface area contributed by atoms with Gasteiger partial charge in [0.15, 0.2) is 5.78 Å². The minimum absolute atomic E-state index is 0.158. The Morgan fingerprint density at radius 1 is 1.05 bits per heavy atom. The second-order valence-corrected chi connectivity index (χ2v) is 5.15. The summed E-state index contributed by atoms with van der Waals surface area (Å²) in [5.41, 5.74) is 0.736. The Labute approximate surface area is 130 Å². The van der Waals surface area contributed by atoms with E-state index in [4.69, 9.17) is 9.47 Å². The molecule has 0 spiro atoms. The minimum atomic E-state index is -0.535. The SMILES string of the molecule is COc1ccc(C(=O)Oc2ccccc2C(C)=O)cc1Br. The van der Waals surface area contributed by atoms with E-state index >= 15 is 0 Å². The van der Waals surface area contributed by atoms with Crippen LogP contribution >= 0.6 is 15.9 Å². The highest BCUT2D eigenvalue weighted by molar-refractivity contribution is 9.10. The first kappa shape index (κ1) is 15.3. The van der Waals surface area contributed by atoms with Gasteiger partial charge >= 0.3 is 5.97 Å². The normalized spacial score (nSPS) is 10.0. The quantitative estimate of drug-likeness (QED) is 0.478. The highest BCUT2D eigenvalue weighted by atomic mass is 79.9. The molecule has 0 aliphatic carbocycles. The van der Waals surface area contributed by atoms with Crippen LogP contribution in [-0.4, -0.2) is 18.9 Å². The number of esters is 1. The third-order valence-corrected chi connectivity index (χ3v) is 3.48. The number of hydrogen-bond acceptors (Lipinski definition) is 4. The van der Waals surface area contributed by atoms with Crippen molar-refractivity contribution in [3.63, 3.8) is 0 Å². The molecular formula is C16H13BrO4. The molecule has 2 rings (SSSR count). The third kappa shape index (κ3) is 3.49. The summed E-state index contributed by atoms with van der Waals surface area (Å²) >= 11 is 3.31. The van der Waals surface area contributed by atoms with Crippen LogP contribution in [0, 0.1) is 0 Å². The average molecular weight is 349 g/mol. The average Bonchev–Trinajstić information content (AvgIpc) is 2.47. The molecule has 0 fully saturated rings. The van der Waals surface area contributed by atoms with Gasteiger partial charge in [-0.15, -0.1) is 0 Å². The van der Waals surface area contributed by atoms with Gasteiger partial charge in [0.25, 0.3) is 0 Å². The predicted octanol–water partition coefficient (Wildman–Crippen LogP) is 3.88. The van der Waals surface area contributed by atoms with Crippen molar-refractivity contribution < 1.29 is 19.1 Å². The second-order valence-electron chi connectivity index (χ2n) is 4.29. The smallest absolute Gasteiger partial charge is 0.343 e. The van der Waals surface area contributed by atoms with E-state index in [9.17, 15) is 9.59 Å². The standard InChI is InChI=1S/C16H13BrO4/c1-10(18)12-5-3-4-6-14(12)21-16(19)11-7-8-15(20-2)13(17)9-11/h3-9H,1-2H3. The molecule has 0 unspecified atom stereocenters. The lowest BCUT2D eigenvalue weighted by Gasteiger charge is -2.09. The van der Waals surface area contributed by atoms with Crippen LogP contribution in [0.1, 0.15) is 27.6 Å². The van der Waals surface area contributed by atoms with Gasteiger partial charge < -0.3 is 9.47 Å². The van der Waals surface area contributed by atoms with Crippen molar-refractivity contribution in [2.45, 2.75) is 6.92 Å². The number of Topliss-reactive ketones (excluding diaryl/α,β-unsaturated/α-hetero) is 1. The summed E-state index contributed by atoms with van der Waals surface area (Å²) in [6, 6.07) is 11.5. The second kappa shape index (κ2) is 6.54. The van der Waals surface area contributed by atoms with Crippen LogP contribution in [0.3, 0.4) is 0 Å². The molecule has 0 radical (unpaired) electrons. The van der Waals surface area contributed by atoms with Gasteiger partial charge in [-0.3, -0.25) is 4.79 Å². The molecule has 0 saturated carbocycles. The zero-order valence-electron chi connectivity index (χ0n) is 11.6. The van der Waals surface area contributed by atoms with Crippen LogP contribution in [0.2, 0.25) is 0 Å². The zero-order valence-corrected chi connectivity index (χ0v) is 13.1. The van der Waals surface area contributed by atoms with E-state index in [1.165, 1.54) is 6.92 Å². The number of methoxy groups -OCH3 is 1. The van der Waals surface area contributed by atoms with Gasteiger partial charge in [0, 0.05) is 0 Å². The van der Waals surface area contributed by atoms with Crippen molar-refractivity contribution in [3.05, 3.63) is 58.1 Å². The number of carbonyl (C=O) groups is 2. The predicted molar refractivity (Wildman–Crippen MR) is 82.1 cm³/mol. The number of carbonyl (C=O) groups excluding carboxylic acids is 2. The summed E-state index contributed by atoms with van der Waals surface area (Å²) in [4.78, 5) is 23.7. The van der Waals surface area contributed by atoms with Crippen molar-refractivity contribution in [2.75, 3.05) is 7.11 Å². The molecule has 2 aromatic rings. The van der Waals surface area contributed by atoms with Gasteiger partial charge in [-0.1, -0.05) is 12.1 Å². The molecule has 0 bridgehead atoms. The first-order chi connectivity index (χ1) is 10.0. The van der Waals surface area contributed by atoms with E-state index < -0.39 is 5.97 Å². The molecule has 5 heteroatoms. The molecule has 0 amide bonds.